The third-order valence-electron chi connectivity index (χ3n) is 5.91. The number of hydrogen-bond donors (Lipinski definition) is 1. The van der Waals surface area contributed by atoms with Gasteiger partial charge in [-0.1, -0.05) is 47.7 Å². The lowest BCUT2D eigenvalue weighted by Gasteiger charge is -2.15. The maximum Gasteiger partial charge on any atom is 0.295 e. The highest BCUT2D eigenvalue weighted by atomic mass is 32.2. The molecule has 10 heteroatoms. The van der Waals surface area contributed by atoms with Gasteiger partial charge in [-0.2, -0.15) is 0 Å². The number of hydrogen-bond acceptors (Lipinski definition) is 6. The van der Waals surface area contributed by atoms with E-state index in [1.165, 1.54) is 16.4 Å². The lowest BCUT2D eigenvalue weighted by atomic mass is 10.2. The smallest absolute Gasteiger partial charge is 0.295 e. The zero-order valence-electron chi connectivity index (χ0n) is 21.1. The fourth-order valence-corrected chi connectivity index (χ4v) is 4.71. The lowest BCUT2D eigenvalue weighted by molar-refractivity contribution is -0.113. The molecule has 0 spiro atoms. The van der Waals surface area contributed by atoms with Crippen LogP contribution in [0.1, 0.15) is 37.0 Å². The zero-order valence-corrected chi connectivity index (χ0v) is 21.9. The first kappa shape index (κ1) is 25.3. The van der Waals surface area contributed by atoms with E-state index >= 15 is 0 Å². The molecule has 0 saturated carbocycles. The maximum absolute atomic E-state index is 13.0. The molecule has 0 aliphatic carbocycles. The van der Waals surface area contributed by atoms with Crippen LogP contribution in [0.3, 0.4) is 0 Å². The first-order valence-corrected chi connectivity index (χ1v) is 12.7. The molecule has 0 fully saturated rings. The number of amides is 1. The fourth-order valence-electron chi connectivity index (χ4n) is 3.90. The summed E-state index contributed by atoms with van der Waals surface area (Å²) < 4.78 is 11.2. The Balaban J connectivity index is 1.44. The lowest BCUT2D eigenvalue weighted by Crippen LogP contribution is -2.23. The average Bonchev–Trinajstić information content (AvgIpc) is 3.38. The molecular weight excluding hydrogens is 476 g/mol. The second-order valence-electron chi connectivity index (χ2n) is 8.43. The van der Waals surface area contributed by atoms with E-state index in [-0.39, 0.29) is 29.0 Å². The molecule has 2 heterocycles. The van der Waals surface area contributed by atoms with Crippen molar-refractivity contribution in [3.05, 3.63) is 82.0 Å². The summed E-state index contributed by atoms with van der Waals surface area (Å²) in [5, 5.41) is 12.0. The SMILES string of the molecule is CCn1c(SCC(=O)Nc2c(C)n(C)n(-c3ccccc3)c2=O)nnc1C(C)Oc1ccc(C)cc1. The molecule has 1 unspecified atom stereocenters. The minimum atomic E-state index is -0.313. The summed E-state index contributed by atoms with van der Waals surface area (Å²) in [4.78, 5) is 25.8. The van der Waals surface area contributed by atoms with Gasteiger partial charge >= 0.3 is 0 Å². The molecule has 2 aromatic heterocycles. The molecule has 0 aliphatic rings. The van der Waals surface area contributed by atoms with E-state index in [0.29, 0.717) is 23.2 Å². The second kappa shape index (κ2) is 10.9. The zero-order chi connectivity index (χ0) is 25.8. The minimum absolute atomic E-state index is 0.0877. The van der Waals surface area contributed by atoms with E-state index < -0.39 is 0 Å². The third kappa shape index (κ3) is 5.23. The summed E-state index contributed by atoms with van der Waals surface area (Å²) in [7, 11) is 1.79. The Bertz CT molecular complexity index is 1410. The highest BCUT2D eigenvalue weighted by molar-refractivity contribution is 7.99. The summed E-state index contributed by atoms with van der Waals surface area (Å²) in [5.41, 5.74) is 2.55. The monoisotopic (exact) mass is 506 g/mol. The van der Waals surface area contributed by atoms with Gasteiger partial charge in [0.15, 0.2) is 17.1 Å². The van der Waals surface area contributed by atoms with E-state index in [0.717, 1.165) is 17.0 Å². The number of carbonyl (C=O) groups excluding carboxylic acids is 1. The second-order valence-corrected chi connectivity index (χ2v) is 9.37. The number of nitrogens with zero attached hydrogens (tertiary/aromatic N) is 5. The Kier molecular flexibility index (Phi) is 7.64. The van der Waals surface area contributed by atoms with Crippen LogP contribution < -0.4 is 15.6 Å². The summed E-state index contributed by atoms with van der Waals surface area (Å²) >= 11 is 1.27. The normalized spacial score (nSPS) is 11.9. The number of aromatic nitrogens is 5. The Morgan fingerprint density at radius 3 is 2.44 bits per heavy atom. The van der Waals surface area contributed by atoms with Gasteiger partial charge in [-0.25, -0.2) is 4.68 Å². The Morgan fingerprint density at radius 1 is 1.08 bits per heavy atom. The van der Waals surface area contributed by atoms with E-state index in [1.807, 2.05) is 79.9 Å². The van der Waals surface area contributed by atoms with E-state index in [2.05, 4.69) is 15.5 Å². The van der Waals surface area contributed by atoms with Gasteiger partial charge in [0.1, 0.15) is 11.4 Å². The van der Waals surface area contributed by atoms with Crippen LogP contribution in [0.15, 0.2) is 64.5 Å². The van der Waals surface area contributed by atoms with Crippen molar-refractivity contribution in [2.45, 2.75) is 45.5 Å². The Morgan fingerprint density at radius 2 is 1.78 bits per heavy atom. The summed E-state index contributed by atoms with van der Waals surface area (Å²) in [6.45, 7) is 8.38. The molecule has 2 aromatic carbocycles. The summed E-state index contributed by atoms with van der Waals surface area (Å²) in [6, 6.07) is 17.2. The van der Waals surface area contributed by atoms with Crippen molar-refractivity contribution in [2.75, 3.05) is 11.1 Å². The predicted octanol–water partition coefficient (Wildman–Crippen LogP) is 4.28. The molecule has 4 aromatic rings. The van der Waals surface area contributed by atoms with Crippen molar-refractivity contribution in [3.63, 3.8) is 0 Å². The van der Waals surface area contributed by atoms with E-state index in [4.69, 9.17) is 4.74 Å². The summed E-state index contributed by atoms with van der Waals surface area (Å²) in [6.07, 6.45) is -0.313. The van der Waals surface area contributed by atoms with Crippen LogP contribution in [0, 0.1) is 13.8 Å². The van der Waals surface area contributed by atoms with Crippen molar-refractivity contribution in [1.29, 1.82) is 0 Å². The van der Waals surface area contributed by atoms with Crippen molar-refractivity contribution < 1.29 is 9.53 Å². The number of rotatable bonds is 9. The molecule has 0 aliphatic heterocycles. The van der Waals surface area contributed by atoms with Crippen molar-refractivity contribution in [1.82, 2.24) is 24.1 Å². The van der Waals surface area contributed by atoms with Crippen LogP contribution >= 0.6 is 11.8 Å². The Hall–Kier alpha value is -3.79. The number of thioether (sulfide) groups is 1. The molecule has 1 N–H and O–H groups in total. The number of aryl methyl sites for hydroxylation is 1. The van der Waals surface area contributed by atoms with Crippen molar-refractivity contribution in [2.24, 2.45) is 7.05 Å². The number of anilines is 1. The van der Waals surface area contributed by atoms with E-state index in [9.17, 15) is 9.59 Å². The van der Waals surface area contributed by atoms with Crippen LogP contribution in [0.5, 0.6) is 5.75 Å². The van der Waals surface area contributed by atoms with Gasteiger partial charge in [0.25, 0.3) is 5.56 Å². The first-order valence-electron chi connectivity index (χ1n) is 11.7. The van der Waals surface area contributed by atoms with Gasteiger partial charge < -0.3 is 14.6 Å². The summed E-state index contributed by atoms with van der Waals surface area (Å²) in [5.74, 6) is 1.24. The van der Waals surface area contributed by atoms with Gasteiger partial charge in [-0.3, -0.25) is 14.3 Å². The average molecular weight is 507 g/mol. The highest BCUT2D eigenvalue weighted by Crippen LogP contribution is 2.25. The third-order valence-corrected chi connectivity index (χ3v) is 6.88. The molecule has 188 valence electrons. The van der Waals surface area contributed by atoms with Gasteiger partial charge in [-0.15, -0.1) is 10.2 Å². The maximum atomic E-state index is 13.0. The molecule has 9 nitrogen and oxygen atoms in total. The van der Waals surface area contributed by atoms with Gasteiger partial charge in [0.05, 0.1) is 17.1 Å². The van der Waals surface area contributed by atoms with Gasteiger partial charge in [0, 0.05) is 13.6 Å². The molecular formula is C26H30N6O3S. The molecule has 4 rings (SSSR count). The number of benzene rings is 2. The standard InChI is InChI=1S/C26H30N6O3S/c1-6-31-24(19(4)35-21-14-12-17(2)13-15-21)28-29-26(31)36-16-22(33)27-23-18(3)30(5)32(25(23)34)20-10-8-7-9-11-20/h7-15,19H,6,16H2,1-5H3,(H,27,33). The topological polar surface area (TPSA) is 96.0 Å². The van der Waals surface area contributed by atoms with Crippen LogP contribution in [-0.2, 0) is 18.4 Å². The number of para-hydroxylation sites is 1. The minimum Gasteiger partial charge on any atom is -0.483 e. The van der Waals surface area contributed by atoms with Crippen molar-refractivity contribution in [3.8, 4) is 11.4 Å². The molecule has 1 amide bonds. The van der Waals surface area contributed by atoms with Crippen LogP contribution in [0.25, 0.3) is 5.69 Å². The molecule has 0 bridgehead atoms. The van der Waals surface area contributed by atoms with Crippen LogP contribution in [-0.4, -0.2) is 35.8 Å². The number of carbonyl (C=O) groups is 1. The Labute approximate surface area is 214 Å². The molecule has 1 atom stereocenters. The first-order chi connectivity index (χ1) is 17.3. The highest BCUT2D eigenvalue weighted by Gasteiger charge is 2.21. The number of nitrogens with one attached hydrogen (secondary N) is 1. The van der Waals surface area contributed by atoms with Gasteiger partial charge in [-0.05, 0) is 52.0 Å². The van der Waals surface area contributed by atoms with E-state index in [1.54, 1.807) is 18.7 Å². The molecule has 0 saturated heterocycles. The van der Waals surface area contributed by atoms with Crippen LogP contribution in [0.2, 0.25) is 0 Å². The van der Waals surface area contributed by atoms with Gasteiger partial charge in [0.2, 0.25) is 5.91 Å². The molecule has 36 heavy (non-hydrogen) atoms. The predicted molar refractivity (Wildman–Crippen MR) is 141 cm³/mol. The van der Waals surface area contributed by atoms with Crippen LogP contribution in [0.4, 0.5) is 5.69 Å². The fraction of sp³-hybridized carbons (Fsp3) is 0.308. The van der Waals surface area contributed by atoms with Crippen molar-refractivity contribution >= 4 is 23.4 Å². The molecule has 0 radical (unpaired) electrons. The number of ether oxygens (including phenoxy) is 1. The largest absolute Gasteiger partial charge is 0.483 e. The quantitative estimate of drug-likeness (QED) is 0.341.